The van der Waals surface area contributed by atoms with Crippen LogP contribution < -0.4 is 0 Å². The van der Waals surface area contributed by atoms with Gasteiger partial charge >= 0.3 is 0 Å². The third kappa shape index (κ3) is 3.02. The summed E-state index contributed by atoms with van der Waals surface area (Å²) >= 11 is 3.40. The lowest BCUT2D eigenvalue weighted by molar-refractivity contribution is -0.145. The highest BCUT2D eigenvalue weighted by Crippen LogP contribution is 2.24. The van der Waals surface area contributed by atoms with Crippen LogP contribution in [0.1, 0.15) is 24.1 Å². The van der Waals surface area contributed by atoms with Gasteiger partial charge in [0.2, 0.25) is 17.7 Å². The Morgan fingerprint density at radius 3 is 2.68 bits per heavy atom. The van der Waals surface area contributed by atoms with Crippen molar-refractivity contribution >= 4 is 44.7 Å². The molecule has 0 radical (unpaired) electrons. The summed E-state index contributed by atoms with van der Waals surface area (Å²) in [5, 5.41) is 0.910. The number of imide groups is 1. The van der Waals surface area contributed by atoms with Gasteiger partial charge in [-0.25, -0.2) is 9.97 Å². The van der Waals surface area contributed by atoms with Gasteiger partial charge in [-0.15, -0.1) is 0 Å². The Morgan fingerprint density at radius 2 is 1.92 bits per heavy atom. The average molecular weight is 403 g/mol. The van der Waals surface area contributed by atoms with Crippen LogP contribution in [0, 0.1) is 0 Å². The molecule has 3 amide bonds. The number of carbonyl (C=O) groups is 3. The van der Waals surface area contributed by atoms with Crippen LogP contribution in [0.25, 0.3) is 11.0 Å². The van der Waals surface area contributed by atoms with Crippen LogP contribution in [0.15, 0.2) is 22.8 Å². The van der Waals surface area contributed by atoms with E-state index in [9.17, 15) is 14.4 Å². The minimum Gasteiger partial charge on any atom is -0.336 e. The van der Waals surface area contributed by atoms with E-state index in [1.54, 1.807) is 11.1 Å². The molecular weight excluding hydrogens is 388 g/mol. The maximum atomic E-state index is 12.5. The first-order chi connectivity index (χ1) is 12.0. The van der Waals surface area contributed by atoms with E-state index in [2.05, 4.69) is 25.9 Å². The van der Waals surface area contributed by atoms with E-state index < -0.39 is 0 Å². The number of halogens is 1. The number of rotatable bonds is 2. The quantitative estimate of drug-likeness (QED) is 0.709. The summed E-state index contributed by atoms with van der Waals surface area (Å²) in [5.74, 6) is -0.736. The van der Waals surface area contributed by atoms with Gasteiger partial charge < -0.3 is 4.90 Å². The Morgan fingerprint density at radius 1 is 1.16 bits per heavy atom. The molecule has 0 spiro atoms. The van der Waals surface area contributed by atoms with E-state index in [0.717, 1.165) is 26.0 Å². The molecule has 0 saturated carbocycles. The molecule has 0 bridgehead atoms. The Labute approximate surface area is 152 Å². The molecule has 1 saturated heterocycles. The number of amides is 3. The second kappa shape index (κ2) is 6.18. The van der Waals surface area contributed by atoms with Crippen LogP contribution in [-0.2, 0) is 27.3 Å². The van der Waals surface area contributed by atoms with Crippen molar-refractivity contribution in [2.75, 3.05) is 13.1 Å². The van der Waals surface area contributed by atoms with Gasteiger partial charge in [-0.1, -0.05) is 0 Å². The fraction of sp³-hybridized carbons (Fsp3) is 0.353. The lowest BCUT2D eigenvalue weighted by Crippen LogP contribution is -2.44. The van der Waals surface area contributed by atoms with Crippen molar-refractivity contribution in [1.29, 1.82) is 0 Å². The number of nitrogens with zero attached hydrogens (tertiary/aromatic N) is 4. The molecule has 2 aromatic heterocycles. The molecule has 2 aromatic rings. The molecule has 0 N–H and O–H groups in total. The first-order valence-corrected chi connectivity index (χ1v) is 8.85. The Bertz CT molecular complexity index is 898. The predicted octanol–water partition coefficient (Wildman–Crippen LogP) is 1.43. The van der Waals surface area contributed by atoms with Crippen LogP contribution in [-0.4, -0.2) is 50.6 Å². The summed E-state index contributed by atoms with van der Waals surface area (Å²) in [5.41, 5.74) is 2.61. The van der Waals surface area contributed by atoms with Crippen molar-refractivity contribution in [3.05, 3.63) is 34.1 Å². The van der Waals surface area contributed by atoms with E-state index in [1.807, 2.05) is 12.1 Å². The monoisotopic (exact) mass is 402 g/mol. The van der Waals surface area contributed by atoms with Gasteiger partial charge in [-0.2, -0.15) is 0 Å². The SMILES string of the molecule is O=C(CN1C(=O)CCC1=O)N1CCc2nc3ncc(Br)cc3cc2C1. The number of carbonyl (C=O) groups excluding carboxylic acids is 3. The van der Waals surface area contributed by atoms with Crippen LogP contribution in [0.5, 0.6) is 0 Å². The fourth-order valence-electron chi connectivity index (χ4n) is 3.24. The first-order valence-electron chi connectivity index (χ1n) is 8.06. The molecular formula is C17H15BrN4O3. The summed E-state index contributed by atoms with van der Waals surface area (Å²) in [6.07, 6.45) is 2.75. The maximum Gasteiger partial charge on any atom is 0.243 e. The van der Waals surface area contributed by atoms with Crippen molar-refractivity contribution in [1.82, 2.24) is 19.8 Å². The Hall–Kier alpha value is -2.35. The van der Waals surface area contributed by atoms with E-state index >= 15 is 0 Å². The van der Waals surface area contributed by atoms with Crippen LogP contribution in [0.4, 0.5) is 0 Å². The second-order valence-electron chi connectivity index (χ2n) is 6.23. The third-order valence-electron chi connectivity index (χ3n) is 4.58. The van der Waals surface area contributed by atoms with Gasteiger partial charge in [0.15, 0.2) is 5.65 Å². The molecule has 4 rings (SSSR count). The number of hydrogen-bond donors (Lipinski definition) is 0. The molecule has 0 atom stereocenters. The third-order valence-corrected chi connectivity index (χ3v) is 5.02. The number of fused-ring (bicyclic) bond motifs is 2. The molecule has 8 heteroatoms. The normalized spacial score (nSPS) is 17.3. The van der Waals surface area contributed by atoms with E-state index in [4.69, 9.17) is 0 Å². The zero-order chi connectivity index (χ0) is 17.6. The van der Waals surface area contributed by atoms with Gasteiger partial charge in [0.05, 0.1) is 0 Å². The van der Waals surface area contributed by atoms with E-state index in [0.29, 0.717) is 25.2 Å². The zero-order valence-corrected chi connectivity index (χ0v) is 15.0. The highest BCUT2D eigenvalue weighted by atomic mass is 79.9. The topological polar surface area (TPSA) is 83.5 Å². The molecule has 25 heavy (non-hydrogen) atoms. The van der Waals surface area contributed by atoms with Gasteiger partial charge in [0, 0.05) is 54.1 Å². The molecule has 0 aromatic carbocycles. The molecule has 0 unspecified atom stereocenters. The summed E-state index contributed by atoms with van der Waals surface area (Å²) in [6.45, 7) is 0.790. The van der Waals surface area contributed by atoms with Crippen molar-refractivity contribution in [3.63, 3.8) is 0 Å². The highest BCUT2D eigenvalue weighted by Gasteiger charge is 2.32. The van der Waals surface area contributed by atoms with Crippen molar-refractivity contribution < 1.29 is 14.4 Å². The van der Waals surface area contributed by atoms with Crippen molar-refractivity contribution in [2.24, 2.45) is 0 Å². The predicted molar refractivity (Wildman–Crippen MR) is 92.3 cm³/mol. The molecule has 1 fully saturated rings. The van der Waals surface area contributed by atoms with Crippen LogP contribution in [0.3, 0.4) is 0 Å². The minimum atomic E-state index is -0.264. The van der Waals surface area contributed by atoms with Crippen LogP contribution >= 0.6 is 15.9 Å². The van der Waals surface area contributed by atoms with Gasteiger partial charge in [-0.05, 0) is 33.6 Å². The summed E-state index contributed by atoms with van der Waals surface area (Å²) in [4.78, 5) is 47.5. The van der Waals surface area contributed by atoms with Crippen LogP contribution in [0.2, 0.25) is 0 Å². The average Bonchev–Trinajstić information content (AvgIpc) is 2.91. The van der Waals surface area contributed by atoms with Gasteiger partial charge in [0.25, 0.3) is 0 Å². The zero-order valence-electron chi connectivity index (χ0n) is 13.4. The van der Waals surface area contributed by atoms with Crippen molar-refractivity contribution in [2.45, 2.75) is 25.8 Å². The van der Waals surface area contributed by atoms with Crippen molar-refractivity contribution in [3.8, 4) is 0 Å². The lowest BCUT2D eigenvalue weighted by Gasteiger charge is -2.29. The smallest absolute Gasteiger partial charge is 0.243 e. The maximum absolute atomic E-state index is 12.5. The lowest BCUT2D eigenvalue weighted by atomic mass is 10.0. The number of hydrogen-bond acceptors (Lipinski definition) is 5. The first kappa shape index (κ1) is 16.1. The highest BCUT2D eigenvalue weighted by molar-refractivity contribution is 9.10. The van der Waals surface area contributed by atoms with Gasteiger partial charge in [0.1, 0.15) is 6.54 Å². The number of likely N-dealkylation sites (tertiary alicyclic amines) is 1. The molecule has 0 aliphatic carbocycles. The number of aromatic nitrogens is 2. The molecule has 2 aliphatic rings. The Balaban J connectivity index is 1.54. The summed E-state index contributed by atoms with van der Waals surface area (Å²) in [6, 6.07) is 3.94. The van der Waals surface area contributed by atoms with E-state index in [-0.39, 0.29) is 37.1 Å². The Kier molecular flexibility index (Phi) is 3.99. The molecule has 128 valence electrons. The van der Waals surface area contributed by atoms with Gasteiger partial charge in [-0.3, -0.25) is 19.3 Å². The van der Waals surface area contributed by atoms with E-state index in [1.165, 1.54) is 0 Å². The molecule has 7 nitrogen and oxygen atoms in total. The summed E-state index contributed by atoms with van der Waals surface area (Å²) < 4.78 is 0.872. The fourth-order valence-corrected chi connectivity index (χ4v) is 3.59. The molecule has 2 aliphatic heterocycles. The molecule has 4 heterocycles. The minimum absolute atomic E-state index is 0.166. The second-order valence-corrected chi connectivity index (χ2v) is 7.15. The largest absolute Gasteiger partial charge is 0.336 e. The number of pyridine rings is 2. The standard InChI is InChI=1S/C17H15BrN4O3/c18-12-6-10-5-11-8-21(4-3-13(11)20-17(10)19-7-12)16(25)9-22-14(23)1-2-15(22)24/h5-7H,1-4,8-9H2. The summed E-state index contributed by atoms with van der Waals surface area (Å²) in [7, 11) is 0.